The first kappa shape index (κ1) is 12.2. The van der Waals surface area contributed by atoms with E-state index in [-0.39, 0.29) is 17.4 Å². The van der Waals surface area contributed by atoms with Gasteiger partial charge in [0.1, 0.15) is 5.75 Å². The molecule has 0 aliphatic carbocycles. The second kappa shape index (κ2) is 5.90. The molecule has 1 aromatic rings. The largest absolute Gasteiger partial charge is 0.497 e. The van der Waals surface area contributed by atoms with E-state index in [9.17, 15) is 10.1 Å². The molecule has 0 heterocycles. The average molecular weight is 221 g/mol. The van der Waals surface area contributed by atoms with Gasteiger partial charge >= 0.3 is 0 Å². The molecule has 0 saturated heterocycles. The topological polar surface area (TPSA) is 52.4 Å². The average Bonchev–Trinajstić information content (AvgIpc) is 2.28. The van der Waals surface area contributed by atoms with E-state index < -0.39 is 0 Å². The maximum Gasteiger partial charge on any atom is 0.214 e. The number of rotatable bonds is 5. The zero-order chi connectivity index (χ0) is 12.0. The Kier molecular flexibility index (Phi) is 4.51. The molecule has 1 rings (SSSR count). The lowest BCUT2D eigenvalue weighted by Crippen LogP contribution is -2.10. The number of benzene rings is 1. The Balaban J connectivity index is 2.87. The minimum atomic E-state index is -0.297. The zero-order valence-corrected chi connectivity index (χ0v) is 9.42. The molecule has 0 bridgehead atoms. The number of ether oxygens (including phenoxy) is 1. The van der Waals surface area contributed by atoms with Gasteiger partial charge in [-0.25, -0.2) is 0 Å². The molecule has 0 unspecified atom stereocenters. The molecule has 0 amide bonds. The maximum atomic E-state index is 10.5. The van der Waals surface area contributed by atoms with Gasteiger partial charge in [-0.2, -0.15) is 0 Å². The summed E-state index contributed by atoms with van der Waals surface area (Å²) in [4.78, 5) is 10.2. The van der Waals surface area contributed by atoms with Gasteiger partial charge in [0.15, 0.2) is 0 Å². The van der Waals surface area contributed by atoms with E-state index in [1.807, 2.05) is 43.3 Å². The number of nitro groups is 1. The predicted octanol–water partition coefficient (Wildman–Crippen LogP) is 2.63. The monoisotopic (exact) mass is 221 g/mol. The van der Waals surface area contributed by atoms with Crippen LogP contribution in [0.4, 0.5) is 0 Å². The van der Waals surface area contributed by atoms with Crippen molar-refractivity contribution in [2.75, 3.05) is 13.7 Å². The van der Waals surface area contributed by atoms with Gasteiger partial charge in [0.2, 0.25) is 6.54 Å². The van der Waals surface area contributed by atoms with Gasteiger partial charge < -0.3 is 4.74 Å². The van der Waals surface area contributed by atoms with Crippen molar-refractivity contribution in [2.45, 2.75) is 12.8 Å². The van der Waals surface area contributed by atoms with Gasteiger partial charge in [0.25, 0.3) is 0 Å². The van der Waals surface area contributed by atoms with Crippen LogP contribution >= 0.6 is 0 Å². The minimum absolute atomic E-state index is 0.0866. The van der Waals surface area contributed by atoms with Gasteiger partial charge in [-0.15, -0.1) is 0 Å². The molecule has 0 aromatic heterocycles. The highest BCUT2D eigenvalue weighted by atomic mass is 16.6. The molecule has 0 saturated carbocycles. The summed E-state index contributed by atoms with van der Waals surface area (Å²) in [5.74, 6) is 0.579. The van der Waals surface area contributed by atoms with Crippen LogP contribution in [0, 0.1) is 10.1 Å². The van der Waals surface area contributed by atoms with Crippen molar-refractivity contribution in [3.8, 4) is 5.75 Å². The highest BCUT2D eigenvalue weighted by Crippen LogP contribution is 2.20. The second-order valence-electron chi connectivity index (χ2n) is 3.42. The Morgan fingerprint density at radius 2 is 2.06 bits per heavy atom. The van der Waals surface area contributed by atoms with Gasteiger partial charge in [0, 0.05) is 4.92 Å². The van der Waals surface area contributed by atoms with Gasteiger partial charge in [0.05, 0.1) is 13.0 Å². The van der Waals surface area contributed by atoms with Crippen molar-refractivity contribution in [1.82, 2.24) is 0 Å². The van der Waals surface area contributed by atoms with E-state index in [1.54, 1.807) is 7.11 Å². The Morgan fingerprint density at radius 1 is 1.44 bits per heavy atom. The molecule has 4 heteroatoms. The van der Waals surface area contributed by atoms with E-state index in [0.29, 0.717) is 0 Å². The highest BCUT2D eigenvalue weighted by Gasteiger charge is 2.14. The van der Waals surface area contributed by atoms with Gasteiger partial charge in [-0.3, -0.25) is 10.1 Å². The first-order chi connectivity index (χ1) is 7.67. The third-order valence-electron chi connectivity index (χ3n) is 2.31. The molecule has 0 N–H and O–H groups in total. The van der Waals surface area contributed by atoms with Crippen molar-refractivity contribution < 1.29 is 9.66 Å². The smallest absolute Gasteiger partial charge is 0.214 e. The van der Waals surface area contributed by atoms with Crippen molar-refractivity contribution in [1.29, 1.82) is 0 Å². The Bertz CT molecular complexity index is 370. The van der Waals surface area contributed by atoms with Crippen LogP contribution in [0.5, 0.6) is 5.75 Å². The summed E-state index contributed by atoms with van der Waals surface area (Å²) >= 11 is 0. The molecule has 0 radical (unpaired) electrons. The summed E-state index contributed by atoms with van der Waals surface area (Å²) in [6.07, 6.45) is 3.67. The summed E-state index contributed by atoms with van der Waals surface area (Å²) in [5, 5.41) is 10.5. The zero-order valence-electron chi connectivity index (χ0n) is 9.42. The van der Waals surface area contributed by atoms with Gasteiger partial charge in [-0.05, 0) is 24.6 Å². The molecule has 86 valence electrons. The molecular formula is C12H15NO3. The highest BCUT2D eigenvalue weighted by molar-refractivity contribution is 5.31. The van der Waals surface area contributed by atoms with Crippen LogP contribution in [0.1, 0.15) is 18.4 Å². The molecule has 0 aliphatic heterocycles. The fraction of sp³-hybridized carbons (Fsp3) is 0.333. The Labute approximate surface area is 94.7 Å². The molecule has 16 heavy (non-hydrogen) atoms. The van der Waals surface area contributed by atoms with E-state index in [0.717, 1.165) is 11.3 Å². The summed E-state index contributed by atoms with van der Waals surface area (Å²) in [7, 11) is 1.59. The number of methoxy groups -OCH3 is 1. The fourth-order valence-corrected chi connectivity index (χ4v) is 1.52. The van der Waals surface area contributed by atoms with Crippen molar-refractivity contribution in [3.63, 3.8) is 0 Å². The molecule has 0 aliphatic rings. The second-order valence-corrected chi connectivity index (χ2v) is 3.42. The van der Waals surface area contributed by atoms with E-state index in [1.165, 1.54) is 0 Å². The minimum Gasteiger partial charge on any atom is -0.497 e. The van der Waals surface area contributed by atoms with Crippen molar-refractivity contribution >= 4 is 0 Å². The lowest BCUT2D eigenvalue weighted by Gasteiger charge is -2.09. The van der Waals surface area contributed by atoms with Gasteiger partial charge in [-0.1, -0.05) is 24.3 Å². The first-order valence-electron chi connectivity index (χ1n) is 5.06. The predicted molar refractivity (Wildman–Crippen MR) is 62.4 cm³/mol. The molecule has 0 spiro atoms. The maximum absolute atomic E-state index is 10.5. The third-order valence-corrected chi connectivity index (χ3v) is 2.31. The third kappa shape index (κ3) is 3.38. The first-order valence-corrected chi connectivity index (χ1v) is 5.06. The number of nitrogens with zero attached hydrogens (tertiary/aromatic N) is 1. The van der Waals surface area contributed by atoms with Crippen LogP contribution < -0.4 is 4.74 Å². The molecule has 1 aromatic carbocycles. The summed E-state index contributed by atoms with van der Waals surface area (Å²) < 4.78 is 5.04. The van der Waals surface area contributed by atoms with Crippen LogP contribution in [0.2, 0.25) is 0 Å². The molecular weight excluding hydrogens is 206 g/mol. The summed E-state index contributed by atoms with van der Waals surface area (Å²) in [6, 6.07) is 7.33. The van der Waals surface area contributed by atoms with E-state index >= 15 is 0 Å². The Morgan fingerprint density at radius 3 is 2.50 bits per heavy atom. The van der Waals surface area contributed by atoms with Crippen molar-refractivity contribution in [3.05, 3.63) is 52.1 Å². The fourth-order valence-electron chi connectivity index (χ4n) is 1.52. The van der Waals surface area contributed by atoms with Crippen LogP contribution in [0.15, 0.2) is 36.4 Å². The number of allylic oxidation sites excluding steroid dienone is 1. The normalized spacial score (nSPS) is 12.6. The van der Waals surface area contributed by atoms with Crippen LogP contribution in [0.25, 0.3) is 0 Å². The SMILES string of the molecule is C/C=C/[C@@H](C[N+](=O)[O-])c1ccc(OC)cc1. The molecule has 0 fully saturated rings. The standard InChI is InChI=1S/C12H15NO3/c1-3-4-11(9-13(14)15)10-5-7-12(16-2)8-6-10/h3-8,11H,9H2,1-2H3/b4-3+/t11-/m0/s1. The van der Waals surface area contributed by atoms with E-state index in [2.05, 4.69) is 0 Å². The quantitative estimate of drug-likeness (QED) is 0.436. The van der Waals surface area contributed by atoms with E-state index in [4.69, 9.17) is 4.74 Å². The van der Waals surface area contributed by atoms with Crippen LogP contribution in [-0.4, -0.2) is 18.6 Å². The Hall–Kier alpha value is -1.84. The summed E-state index contributed by atoms with van der Waals surface area (Å²) in [6.45, 7) is 1.77. The number of hydrogen-bond donors (Lipinski definition) is 0. The summed E-state index contributed by atoms with van der Waals surface area (Å²) in [5.41, 5.74) is 0.926. The van der Waals surface area contributed by atoms with Crippen LogP contribution in [0.3, 0.4) is 0 Å². The molecule has 4 nitrogen and oxygen atoms in total. The molecule has 1 atom stereocenters. The van der Waals surface area contributed by atoms with Crippen molar-refractivity contribution in [2.24, 2.45) is 0 Å². The number of hydrogen-bond acceptors (Lipinski definition) is 3. The lowest BCUT2D eigenvalue weighted by atomic mass is 9.99. The lowest BCUT2D eigenvalue weighted by molar-refractivity contribution is -0.481. The van der Waals surface area contributed by atoms with Crippen LogP contribution in [-0.2, 0) is 0 Å².